The summed E-state index contributed by atoms with van der Waals surface area (Å²) in [4.78, 5) is 25.6. The number of hydrogen-bond donors (Lipinski definition) is 1. The molecule has 3 saturated heterocycles. The molecule has 3 aliphatic heterocycles. The Morgan fingerprint density at radius 1 is 1.32 bits per heavy atom. The molecule has 0 aromatic heterocycles. The molecule has 3 heterocycles. The van der Waals surface area contributed by atoms with Gasteiger partial charge in [-0.1, -0.05) is 0 Å². The molecule has 3 fully saturated rings. The van der Waals surface area contributed by atoms with Crippen molar-refractivity contribution in [3.8, 4) is 0 Å². The fourth-order valence-corrected chi connectivity index (χ4v) is 3.85. The Kier molecular flexibility index (Phi) is 4.09. The third kappa shape index (κ3) is 3.09. The molecule has 3 rings (SSSR count). The van der Waals surface area contributed by atoms with Crippen molar-refractivity contribution >= 4 is 11.8 Å². The summed E-state index contributed by atoms with van der Waals surface area (Å²) in [6, 6.07) is 0. The lowest BCUT2D eigenvalue weighted by Crippen LogP contribution is -2.57. The topological polar surface area (TPSA) is 58.6 Å². The number of carbonyl (C=O) groups is 2. The highest BCUT2D eigenvalue weighted by Gasteiger charge is 2.55. The zero-order chi connectivity index (χ0) is 15.8. The van der Waals surface area contributed by atoms with Gasteiger partial charge in [-0.05, 0) is 25.2 Å². The van der Waals surface area contributed by atoms with Crippen LogP contribution in [-0.2, 0) is 14.3 Å². The third-order valence-electron chi connectivity index (χ3n) is 5.04. The molecule has 1 spiro atoms. The minimum absolute atomic E-state index is 0.122. The fourth-order valence-electron chi connectivity index (χ4n) is 3.85. The lowest BCUT2D eigenvalue weighted by Gasteiger charge is -2.42. The number of amides is 2. The monoisotopic (exact) mass is 316 g/mol. The molecule has 0 aromatic rings. The van der Waals surface area contributed by atoms with Gasteiger partial charge in [-0.15, -0.1) is 0 Å². The number of nitrogens with zero attached hydrogens (tertiary/aromatic N) is 1. The van der Waals surface area contributed by atoms with Crippen LogP contribution in [-0.4, -0.2) is 55.5 Å². The third-order valence-corrected chi connectivity index (χ3v) is 5.04. The lowest BCUT2D eigenvalue weighted by molar-refractivity contribution is -0.161. The van der Waals surface area contributed by atoms with Crippen molar-refractivity contribution < 1.29 is 23.1 Å². The van der Waals surface area contributed by atoms with Crippen molar-refractivity contribution in [3.63, 3.8) is 0 Å². The Morgan fingerprint density at radius 2 is 2.05 bits per heavy atom. The molecule has 0 aromatic carbocycles. The van der Waals surface area contributed by atoms with E-state index in [1.165, 1.54) is 4.90 Å². The van der Waals surface area contributed by atoms with Crippen LogP contribution in [0.3, 0.4) is 0 Å². The first-order valence-corrected chi connectivity index (χ1v) is 7.92. The number of piperidine rings is 1. The van der Waals surface area contributed by atoms with Gasteiger partial charge in [-0.3, -0.25) is 9.59 Å². The molecule has 5 nitrogen and oxygen atoms in total. The van der Waals surface area contributed by atoms with E-state index in [-0.39, 0.29) is 30.7 Å². The average molecular weight is 316 g/mol. The first-order valence-electron chi connectivity index (χ1n) is 7.92. The van der Waals surface area contributed by atoms with Gasteiger partial charge >= 0.3 is 0 Å². The second kappa shape index (κ2) is 5.76. The van der Waals surface area contributed by atoms with Crippen LogP contribution in [0, 0.1) is 11.3 Å². The second-order valence-corrected chi connectivity index (χ2v) is 6.83. The normalized spacial score (nSPS) is 32.3. The van der Waals surface area contributed by atoms with Crippen LogP contribution in [0.5, 0.6) is 0 Å². The summed E-state index contributed by atoms with van der Waals surface area (Å²) in [5.41, 5.74) is -1.10. The van der Waals surface area contributed by atoms with E-state index in [1.807, 2.05) is 0 Å². The van der Waals surface area contributed by atoms with Gasteiger partial charge in [0.05, 0.1) is 12.0 Å². The van der Waals surface area contributed by atoms with Gasteiger partial charge in [0, 0.05) is 39.1 Å². The number of carbonyl (C=O) groups excluding carboxylic acids is 2. The van der Waals surface area contributed by atoms with E-state index >= 15 is 0 Å². The maximum absolute atomic E-state index is 14.1. The Hall–Kier alpha value is -1.24. The Balaban J connectivity index is 1.69. The maximum Gasteiger partial charge on any atom is 0.266 e. The van der Waals surface area contributed by atoms with Crippen LogP contribution in [0.4, 0.5) is 8.78 Å². The number of alkyl halides is 2. The summed E-state index contributed by atoms with van der Waals surface area (Å²) in [5.74, 6) is -3.39. The lowest BCUT2D eigenvalue weighted by atomic mass is 9.76. The number of nitrogens with one attached hydrogen (secondary N) is 1. The highest BCUT2D eigenvalue weighted by atomic mass is 19.3. The minimum atomic E-state index is -2.99. The number of likely N-dealkylation sites (tertiary alicyclic amines) is 1. The first-order chi connectivity index (χ1) is 10.4. The van der Waals surface area contributed by atoms with Gasteiger partial charge in [0.1, 0.15) is 0 Å². The van der Waals surface area contributed by atoms with Crippen LogP contribution in [0.25, 0.3) is 0 Å². The van der Waals surface area contributed by atoms with Gasteiger partial charge in [-0.25, -0.2) is 8.78 Å². The van der Waals surface area contributed by atoms with Gasteiger partial charge in [0.25, 0.3) is 5.92 Å². The van der Waals surface area contributed by atoms with Crippen molar-refractivity contribution in [1.82, 2.24) is 10.2 Å². The zero-order valence-electron chi connectivity index (χ0n) is 12.6. The van der Waals surface area contributed by atoms with Gasteiger partial charge in [0.2, 0.25) is 11.8 Å². The molecule has 2 amide bonds. The van der Waals surface area contributed by atoms with Crippen molar-refractivity contribution in [2.75, 3.05) is 32.8 Å². The van der Waals surface area contributed by atoms with Crippen molar-refractivity contribution in [3.05, 3.63) is 0 Å². The minimum Gasteiger partial charge on any atom is -0.381 e. The summed E-state index contributed by atoms with van der Waals surface area (Å²) in [7, 11) is 0. The summed E-state index contributed by atoms with van der Waals surface area (Å²) in [6.07, 6.45) is 1.79. The predicted octanol–water partition coefficient (Wildman–Crippen LogP) is 1.18. The Bertz CT molecular complexity index is 466. The summed E-state index contributed by atoms with van der Waals surface area (Å²) in [6.45, 7) is 1.22. The van der Waals surface area contributed by atoms with Crippen molar-refractivity contribution in [2.45, 2.75) is 38.0 Å². The molecule has 3 aliphatic rings. The standard InChI is InChI=1S/C15H22F2N2O3/c16-15(17)8-14(3-4-18-13(14)21)9-19(10-15)12(20)7-11-1-5-22-6-2-11/h11H,1-10H2,(H,18,21)/t14-/m0/s1. The molecule has 0 aliphatic carbocycles. The summed E-state index contributed by atoms with van der Waals surface area (Å²) < 4.78 is 33.4. The summed E-state index contributed by atoms with van der Waals surface area (Å²) >= 11 is 0. The molecule has 124 valence electrons. The molecule has 0 unspecified atom stereocenters. The van der Waals surface area contributed by atoms with E-state index in [4.69, 9.17) is 4.74 Å². The van der Waals surface area contributed by atoms with Crippen LogP contribution in [0.15, 0.2) is 0 Å². The van der Waals surface area contributed by atoms with Crippen LogP contribution >= 0.6 is 0 Å². The molecular weight excluding hydrogens is 294 g/mol. The SMILES string of the molecule is O=C(CC1CCOCC1)N1CC(F)(F)C[C@@]2(CCNC2=O)C1. The van der Waals surface area contributed by atoms with Crippen LogP contribution in [0.2, 0.25) is 0 Å². The number of hydrogen-bond acceptors (Lipinski definition) is 3. The number of rotatable bonds is 2. The molecule has 0 saturated carbocycles. The molecule has 1 N–H and O–H groups in total. The quantitative estimate of drug-likeness (QED) is 0.832. The number of halogens is 2. The van der Waals surface area contributed by atoms with Crippen LogP contribution < -0.4 is 5.32 Å². The van der Waals surface area contributed by atoms with E-state index in [9.17, 15) is 18.4 Å². The highest BCUT2D eigenvalue weighted by Crippen LogP contribution is 2.43. The van der Waals surface area contributed by atoms with Gasteiger partial charge in [-0.2, -0.15) is 0 Å². The molecule has 22 heavy (non-hydrogen) atoms. The Morgan fingerprint density at radius 3 is 2.68 bits per heavy atom. The smallest absolute Gasteiger partial charge is 0.266 e. The molecule has 0 bridgehead atoms. The summed E-state index contributed by atoms with van der Waals surface area (Å²) in [5, 5.41) is 2.63. The van der Waals surface area contributed by atoms with E-state index < -0.39 is 24.3 Å². The molecular formula is C15H22F2N2O3. The van der Waals surface area contributed by atoms with Crippen molar-refractivity contribution in [2.24, 2.45) is 11.3 Å². The average Bonchev–Trinajstić information content (AvgIpc) is 2.78. The van der Waals surface area contributed by atoms with Gasteiger partial charge in [0.15, 0.2) is 0 Å². The zero-order valence-corrected chi connectivity index (χ0v) is 12.6. The Labute approximate surface area is 128 Å². The molecule has 1 atom stereocenters. The van der Waals surface area contributed by atoms with E-state index in [1.54, 1.807) is 0 Å². The molecule has 7 heteroatoms. The van der Waals surface area contributed by atoms with E-state index in [0.29, 0.717) is 26.2 Å². The van der Waals surface area contributed by atoms with E-state index in [2.05, 4.69) is 5.32 Å². The van der Waals surface area contributed by atoms with E-state index in [0.717, 1.165) is 12.8 Å². The first kappa shape index (κ1) is 15.6. The largest absolute Gasteiger partial charge is 0.381 e. The number of ether oxygens (including phenoxy) is 1. The predicted molar refractivity (Wildman–Crippen MR) is 74.4 cm³/mol. The highest BCUT2D eigenvalue weighted by molar-refractivity contribution is 5.86. The maximum atomic E-state index is 14.1. The fraction of sp³-hybridized carbons (Fsp3) is 0.867. The van der Waals surface area contributed by atoms with Crippen LogP contribution in [0.1, 0.15) is 32.1 Å². The molecule has 0 radical (unpaired) electrons. The van der Waals surface area contributed by atoms with Crippen molar-refractivity contribution in [1.29, 1.82) is 0 Å². The van der Waals surface area contributed by atoms with Gasteiger partial charge < -0.3 is 15.0 Å². The second-order valence-electron chi connectivity index (χ2n) is 6.83.